The first kappa shape index (κ1) is 25.7. The van der Waals surface area contributed by atoms with E-state index in [0.29, 0.717) is 23.1 Å². The maximum atomic E-state index is 12.8. The van der Waals surface area contributed by atoms with Crippen molar-refractivity contribution in [3.8, 4) is 5.75 Å². The van der Waals surface area contributed by atoms with Crippen LogP contribution >= 0.6 is 23.1 Å². The van der Waals surface area contributed by atoms with Crippen molar-refractivity contribution in [1.82, 2.24) is 4.98 Å². The molecular formula is C26H28N4O4S2. The quantitative estimate of drug-likeness (QED) is 0.423. The van der Waals surface area contributed by atoms with Gasteiger partial charge in [-0.15, -0.1) is 23.1 Å². The lowest BCUT2D eigenvalue weighted by Gasteiger charge is -2.17. The van der Waals surface area contributed by atoms with E-state index < -0.39 is 5.92 Å². The summed E-state index contributed by atoms with van der Waals surface area (Å²) in [7, 11) is 1.59. The Morgan fingerprint density at radius 2 is 1.92 bits per heavy atom. The van der Waals surface area contributed by atoms with Crippen molar-refractivity contribution in [3.63, 3.8) is 0 Å². The molecule has 1 aromatic heterocycles. The first-order valence-electron chi connectivity index (χ1n) is 11.5. The number of aryl methyl sites for hydroxylation is 2. The summed E-state index contributed by atoms with van der Waals surface area (Å²) < 4.78 is 5.11. The predicted molar refractivity (Wildman–Crippen MR) is 145 cm³/mol. The van der Waals surface area contributed by atoms with Gasteiger partial charge in [0.25, 0.3) is 0 Å². The van der Waals surface area contributed by atoms with Crippen molar-refractivity contribution in [2.45, 2.75) is 26.0 Å². The van der Waals surface area contributed by atoms with Gasteiger partial charge in [-0.1, -0.05) is 6.07 Å². The van der Waals surface area contributed by atoms with E-state index in [4.69, 9.17) is 4.74 Å². The number of thiazole rings is 1. The first-order valence-corrected chi connectivity index (χ1v) is 13.5. The smallest absolute Gasteiger partial charge is 0.234 e. The number of amides is 3. The third-order valence-corrected chi connectivity index (χ3v) is 7.71. The molecule has 1 aliphatic rings. The van der Waals surface area contributed by atoms with Crippen LogP contribution < -0.4 is 20.3 Å². The molecule has 0 aliphatic carbocycles. The fourth-order valence-electron chi connectivity index (χ4n) is 3.78. The maximum absolute atomic E-state index is 12.8. The van der Waals surface area contributed by atoms with Gasteiger partial charge < -0.3 is 20.3 Å². The summed E-state index contributed by atoms with van der Waals surface area (Å²) in [5.74, 6) is 0.765. The molecule has 2 N–H and O–H groups in total. The lowest BCUT2D eigenvalue weighted by Crippen LogP contribution is -2.28. The van der Waals surface area contributed by atoms with Gasteiger partial charge in [-0.05, 0) is 61.4 Å². The van der Waals surface area contributed by atoms with Crippen LogP contribution in [0.1, 0.15) is 23.2 Å². The molecule has 10 heteroatoms. The molecule has 1 saturated heterocycles. The Kier molecular flexibility index (Phi) is 8.27. The molecule has 1 aliphatic heterocycles. The molecule has 36 heavy (non-hydrogen) atoms. The molecule has 0 radical (unpaired) electrons. The lowest BCUT2D eigenvalue weighted by molar-refractivity contribution is -0.122. The van der Waals surface area contributed by atoms with Gasteiger partial charge in [0.2, 0.25) is 17.7 Å². The molecule has 1 atom stereocenters. The molecule has 8 nitrogen and oxygen atoms in total. The summed E-state index contributed by atoms with van der Waals surface area (Å²) in [6, 6.07) is 13.0. The van der Waals surface area contributed by atoms with Crippen molar-refractivity contribution >= 4 is 57.3 Å². The summed E-state index contributed by atoms with van der Waals surface area (Å²) in [6.07, 6.45) is 0.177. The average Bonchev–Trinajstić information content (AvgIpc) is 3.47. The number of methoxy groups -OCH3 is 1. The SMILES string of the molecule is COc1ccc(NC(=O)CSCc2csc(NC(=O)C3CC(=O)N(c4ccc(C)c(C)c4)C3)n2)cc1. The van der Waals surface area contributed by atoms with Gasteiger partial charge in [-0.2, -0.15) is 0 Å². The number of nitrogens with one attached hydrogen (secondary N) is 2. The van der Waals surface area contributed by atoms with Crippen LogP contribution in [0.3, 0.4) is 0 Å². The molecular weight excluding hydrogens is 496 g/mol. The standard InChI is InChI=1S/C26H28N4O4S2/c1-16-4-7-21(10-17(16)2)30-12-18(11-24(30)32)25(33)29-26-28-20(14-36-26)13-35-15-23(31)27-19-5-8-22(34-3)9-6-19/h4-10,14,18H,11-13,15H2,1-3H3,(H,27,31)(H,28,29,33). The highest BCUT2D eigenvalue weighted by Gasteiger charge is 2.35. The van der Waals surface area contributed by atoms with Crippen molar-refractivity contribution < 1.29 is 19.1 Å². The molecule has 0 bridgehead atoms. The van der Waals surface area contributed by atoms with E-state index in [1.54, 1.807) is 36.3 Å². The number of hydrogen-bond donors (Lipinski definition) is 2. The zero-order valence-corrected chi connectivity index (χ0v) is 22.0. The largest absolute Gasteiger partial charge is 0.497 e. The Balaban J connectivity index is 1.23. The molecule has 0 spiro atoms. The number of carbonyl (C=O) groups excluding carboxylic acids is 3. The normalized spacial score (nSPS) is 15.1. The molecule has 4 rings (SSSR count). The van der Waals surface area contributed by atoms with Crippen LogP contribution in [-0.2, 0) is 20.1 Å². The van der Waals surface area contributed by atoms with Crippen molar-refractivity contribution in [1.29, 1.82) is 0 Å². The third-order valence-electron chi connectivity index (χ3n) is 5.94. The van der Waals surface area contributed by atoms with Crippen LogP contribution in [0, 0.1) is 19.8 Å². The van der Waals surface area contributed by atoms with Crippen LogP contribution in [0.25, 0.3) is 0 Å². The average molecular weight is 525 g/mol. The van der Waals surface area contributed by atoms with Crippen molar-refractivity contribution in [2.75, 3.05) is 34.9 Å². The Morgan fingerprint density at radius 1 is 1.14 bits per heavy atom. The van der Waals surface area contributed by atoms with E-state index in [0.717, 1.165) is 28.3 Å². The van der Waals surface area contributed by atoms with E-state index in [1.807, 2.05) is 37.4 Å². The second-order valence-corrected chi connectivity index (χ2v) is 10.4. The predicted octanol–water partition coefficient (Wildman–Crippen LogP) is 4.63. The molecule has 2 heterocycles. The number of thioether (sulfide) groups is 1. The number of ether oxygens (including phenoxy) is 1. The van der Waals surface area contributed by atoms with Crippen LogP contribution in [0.4, 0.5) is 16.5 Å². The summed E-state index contributed by atoms with van der Waals surface area (Å²) in [4.78, 5) is 43.7. The molecule has 0 saturated carbocycles. The topological polar surface area (TPSA) is 101 Å². The summed E-state index contributed by atoms with van der Waals surface area (Å²) >= 11 is 2.78. The highest BCUT2D eigenvalue weighted by atomic mass is 32.2. The second-order valence-electron chi connectivity index (χ2n) is 8.58. The van der Waals surface area contributed by atoms with E-state index >= 15 is 0 Å². The van der Waals surface area contributed by atoms with E-state index in [1.165, 1.54) is 23.1 Å². The minimum atomic E-state index is -0.428. The number of nitrogens with zero attached hydrogens (tertiary/aromatic N) is 2. The molecule has 3 aromatic rings. The Labute approximate surface area is 218 Å². The van der Waals surface area contributed by atoms with Crippen LogP contribution in [-0.4, -0.2) is 42.1 Å². The number of anilines is 3. The molecule has 188 valence electrons. The van der Waals surface area contributed by atoms with Gasteiger partial charge in [0.1, 0.15) is 5.75 Å². The van der Waals surface area contributed by atoms with Gasteiger partial charge >= 0.3 is 0 Å². The van der Waals surface area contributed by atoms with Gasteiger partial charge in [0.05, 0.1) is 24.5 Å². The van der Waals surface area contributed by atoms with E-state index in [9.17, 15) is 14.4 Å². The minimum Gasteiger partial charge on any atom is -0.497 e. The van der Waals surface area contributed by atoms with Gasteiger partial charge in [0.15, 0.2) is 5.13 Å². The Morgan fingerprint density at radius 3 is 2.64 bits per heavy atom. The number of carbonyl (C=O) groups is 3. The minimum absolute atomic E-state index is 0.0532. The number of rotatable bonds is 9. The number of aromatic nitrogens is 1. The molecule has 3 amide bonds. The molecule has 2 aromatic carbocycles. The van der Waals surface area contributed by atoms with E-state index in [2.05, 4.69) is 15.6 Å². The third kappa shape index (κ3) is 6.44. The van der Waals surface area contributed by atoms with Crippen molar-refractivity contribution in [2.24, 2.45) is 5.92 Å². The monoisotopic (exact) mass is 524 g/mol. The van der Waals surface area contributed by atoms with Gasteiger partial charge in [-0.3, -0.25) is 14.4 Å². The van der Waals surface area contributed by atoms with E-state index in [-0.39, 0.29) is 29.9 Å². The maximum Gasteiger partial charge on any atom is 0.234 e. The van der Waals surface area contributed by atoms with Crippen LogP contribution in [0.2, 0.25) is 0 Å². The lowest BCUT2D eigenvalue weighted by atomic mass is 10.1. The Hall–Kier alpha value is -3.37. The van der Waals surface area contributed by atoms with Crippen molar-refractivity contribution in [3.05, 3.63) is 64.7 Å². The summed E-state index contributed by atoms with van der Waals surface area (Å²) in [5.41, 5.74) is 4.59. The van der Waals surface area contributed by atoms with Crippen LogP contribution in [0.15, 0.2) is 47.8 Å². The second kappa shape index (κ2) is 11.6. The summed E-state index contributed by atoms with van der Waals surface area (Å²) in [5, 5.41) is 8.06. The fourth-order valence-corrected chi connectivity index (χ4v) is 5.32. The Bertz CT molecular complexity index is 1260. The highest BCUT2D eigenvalue weighted by molar-refractivity contribution is 7.99. The van der Waals surface area contributed by atoms with Gasteiger partial charge in [-0.25, -0.2) is 4.98 Å². The first-order chi connectivity index (χ1) is 17.3. The zero-order chi connectivity index (χ0) is 25.7. The van der Waals surface area contributed by atoms with Gasteiger partial charge in [0, 0.05) is 35.5 Å². The van der Waals surface area contributed by atoms with Crippen LogP contribution in [0.5, 0.6) is 5.75 Å². The summed E-state index contributed by atoms with van der Waals surface area (Å²) in [6.45, 7) is 4.39. The molecule has 1 unspecified atom stereocenters. The highest BCUT2D eigenvalue weighted by Crippen LogP contribution is 2.28. The number of hydrogen-bond acceptors (Lipinski definition) is 7. The fraction of sp³-hybridized carbons (Fsp3) is 0.308. The molecule has 1 fully saturated rings. The number of benzene rings is 2. The zero-order valence-electron chi connectivity index (χ0n) is 20.4.